The zero-order chi connectivity index (χ0) is 18.5. The van der Waals surface area contributed by atoms with Gasteiger partial charge in [-0.25, -0.2) is 0 Å². The van der Waals surface area contributed by atoms with E-state index in [1.54, 1.807) is 6.92 Å². The van der Waals surface area contributed by atoms with Crippen LogP contribution in [0.15, 0.2) is 24.3 Å². The number of anilines is 1. The van der Waals surface area contributed by atoms with Crippen molar-refractivity contribution < 1.29 is 9.59 Å². The molecule has 3 rings (SSSR count). The first-order valence-corrected chi connectivity index (χ1v) is 9.90. The number of nitrogens with zero attached hydrogens (tertiary/aromatic N) is 2. The SMILES string of the molecule is CC(=O)c1ccc(N2CCN(CC(=O)N[C@H]3CCCC[C@@H]3C)CC2)cc1. The van der Waals surface area contributed by atoms with Gasteiger partial charge in [0.05, 0.1) is 6.54 Å². The molecule has 1 aromatic carbocycles. The standard InChI is InChI=1S/C21H31N3O2/c1-16-5-3-4-6-20(16)22-21(26)15-23-11-13-24(14-12-23)19-9-7-18(8-10-19)17(2)25/h7-10,16,20H,3-6,11-15H2,1-2H3,(H,22,26)/t16-,20-/m0/s1. The molecule has 0 bridgehead atoms. The lowest BCUT2D eigenvalue weighted by Crippen LogP contribution is -2.51. The molecule has 26 heavy (non-hydrogen) atoms. The van der Waals surface area contributed by atoms with Gasteiger partial charge in [-0.05, 0) is 49.9 Å². The number of piperazine rings is 1. The van der Waals surface area contributed by atoms with Gasteiger partial charge in [-0.3, -0.25) is 14.5 Å². The van der Waals surface area contributed by atoms with Crippen molar-refractivity contribution in [3.8, 4) is 0 Å². The molecule has 1 aliphatic carbocycles. The summed E-state index contributed by atoms with van der Waals surface area (Å²) in [6, 6.07) is 8.18. The van der Waals surface area contributed by atoms with Gasteiger partial charge < -0.3 is 10.2 Å². The molecular weight excluding hydrogens is 326 g/mol. The Hall–Kier alpha value is -1.88. The second-order valence-corrected chi connectivity index (χ2v) is 7.80. The molecule has 5 nitrogen and oxygen atoms in total. The zero-order valence-corrected chi connectivity index (χ0v) is 16.0. The molecule has 1 heterocycles. The molecule has 2 atom stereocenters. The first-order chi connectivity index (χ1) is 12.5. The lowest BCUT2D eigenvalue weighted by atomic mass is 9.86. The van der Waals surface area contributed by atoms with E-state index in [4.69, 9.17) is 0 Å². The van der Waals surface area contributed by atoms with Crippen LogP contribution in [0.5, 0.6) is 0 Å². The third-order valence-corrected chi connectivity index (χ3v) is 5.84. The van der Waals surface area contributed by atoms with Crippen molar-refractivity contribution in [2.24, 2.45) is 5.92 Å². The Balaban J connectivity index is 1.44. The topological polar surface area (TPSA) is 52.7 Å². The highest BCUT2D eigenvalue weighted by Crippen LogP contribution is 2.23. The van der Waals surface area contributed by atoms with Gasteiger partial charge in [0.2, 0.25) is 5.91 Å². The number of carbonyl (C=O) groups is 2. The summed E-state index contributed by atoms with van der Waals surface area (Å²) in [5.74, 6) is 0.866. The Morgan fingerprint density at radius 1 is 1.04 bits per heavy atom. The largest absolute Gasteiger partial charge is 0.369 e. The third-order valence-electron chi connectivity index (χ3n) is 5.84. The summed E-state index contributed by atoms with van der Waals surface area (Å²) < 4.78 is 0. The number of nitrogens with one attached hydrogen (secondary N) is 1. The first-order valence-electron chi connectivity index (χ1n) is 9.90. The minimum atomic E-state index is 0.0969. The van der Waals surface area contributed by atoms with E-state index < -0.39 is 0 Å². The Bertz CT molecular complexity index is 621. The lowest BCUT2D eigenvalue weighted by Gasteiger charge is -2.36. The highest BCUT2D eigenvalue weighted by Gasteiger charge is 2.24. The lowest BCUT2D eigenvalue weighted by molar-refractivity contribution is -0.123. The van der Waals surface area contributed by atoms with Crippen LogP contribution in [-0.4, -0.2) is 55.4 Å². The minimum absolute atomic E-state index is 0.0969. The normalized spacial score (nSPS) is 24.3. The molecule has 1 saturated heterocycles. The molecule has 142 valence electrons. The Morgan fingerprint density at radius 3 is 2.31 bits per heavy atom. The first kappa shape index (κ1) is 18.9. The number of ketones is 1. The summed E-state index contributed by atoms with van der Waals surface area (Å²) >= 11 is 0. The van der Waals surface area contributed by atoms with Crippen molar-refractivity contribution in [3.05, 3.63) is 29.8 Å². The fourth-order valence-electron chi connectivity index (χ4n) is 4.06. The molecule has 1 aromatic rings. The highest BCUT2D eigenvalue weighted by molar-refractivity contribution is 5.94. The minimum Gasteiger partial charge on any atom is -0.369 e. The summed E-state index contributed by atoms with van der Waals surface area (Å²) in [6.07, 6.45) is 4.88. The van der Waals surface area contributed by atoms with Crippen LogP contribution in [-0.2, 0) is 4.79 Å². The van der Waals surface area contributed by atoms with Gasteiger partial charge in [0, 0.05) is 43.5 Å². The maximum Gasteiger partial charge on any atom is 0.234 e. The van der Waals surface area contributed by atoms with E-state index in [9.17, 15) is 9.59 Å². The molecule has 5 heteroatoms. The predicted molar refractivity (Wildman–Crippen MR) is 105 cm³/mol. The monoisotopic (exact) mass is 357 g/mol. The van der Waals surface area contributed by atoms with Crippen molar-refractivity contribution in [1.82, 2.24) is 10.2 Å². The highest BCUT2D eigenvalue weighted by atomic mass is 16.2. The molecule has 0 aromatic heterocycles. The Morgan fingerprint density at radius 2 is 1.69 bits per heavy atom. The molecule has 2 fully saturated rings. The number of amides is 1. The van der Waals surface area contributed by atoms with Crippen molar-refractivity contribution in [2.75, 3.05) is 37.6 Å². The van der Waals surface area contributed by atoms with Crippen LogP contribution in [0.1, 0.15) is 49.9 Å². The van der Waals surface area contributed by atoms with Crippen LogP contribution < -0.4 is 10.2 Å². The average Bonchev–Trinajstić information content (AvgIpc) is 2.64. The molecule has 1 amide bonds. The van der Waals surface area contributed by atoms with Gasteiger partial charge in [-0.1, -0.05) is 19.8 Å². The third kappa shape index (κ3) is 4.85. The van der Waals surface area contributed by atoms with Crippen LogP contribution in [0.4, 0.5) is 5.69 Å². The van der Waals surface area contributed by atoms with E-state index in [2.05, 4.69) is 22.0 Å². The van der Waals surface area contributed by atoms with Gasteiger partial charge in [0.1, 0.15) is 0 Å². The molecule has 0 spiro atoms. The molecular formula is C21H31N3O2. The van der Waals surface area contributed by atoms with E-state index in [1.807, 2.05) is 24.3 Å². The van der Waals surface area contributed by atoms with Crippen LogP contribution in [0, 0.1) is 5.92 Å². The second-order valence-electron chi connectivity index (χ2n) is 7.80. The summed E-state index contributed by atoms with van der Waals surface area (Å²) in [4.78, 5) is 28.3. The number of hydrogen-bond donors (Lipinski definition) is 1. The summed E-state index contributed by atoms with van der Waals surface area (Å²) in [6.45, 7) is 7.94. The predicted octanol–water partition coefficient (Wildman–Crippen LogP) is 2.71. The fourth-order valence-corrected chi connectivity index (χ4v) is 4.06. The number of rotatable bonds is 5. The number of hydrogen-bond acceptors (Lipinski definition) is 4. The number of benzene rings is 1. The van der Waals surface area contributed by atoms with E-state index in [0.717, 1.165) is 43.9 Å². The van der Waals surface area contributed by atoms with Crippen molar-refractivity contribution >= 4 is 17.4 Å². The molecule has 1 aliphatic heterocycles. The van der Waals surface area contributed by atoms with E-state index in [1.165, 1.54) is 19.3 Å². The van der Waals surface area contributed by atoms with Crippen molar-refractivity contribution in [2.45, 2.75) is 45.6 Å². The smallest absolute Gasteiger partial charge is 0.234 e. The van der Waals surface area contributed by atoms with Crippen LogP contribution in [0.3, 0.4) is 0 Å². The van der Waals surface area contributed by atoms with E-state index in [0.29, 0.717) is 18.5 Å². The summed E-state index contributed by atoms with van der Waals surface area (Å²) in [5, 5.41) is 3.25. The molecule has 2 aliphatic rings. The van der Waals surface area contributed by atoms with E-state index >= 15 is 0 Å². The Kier molecular flexibility index (Phi) is 6.30. The van der Waals surface area contributed by atoms with Crippen LogP contribution >= 0.6 is 0 Å². The van der Waals surface area contributed by atoms with Crippen LogP contribution in [0.25, 0.3) is 0 Å². The van der Waals surface area contributed by atoms with Gasteiger partial charge in [0.25, 0.3) is 0 Å². The quantitative estimate of drug-likeness (QED) is 0.823. The van der Waals surface area contributed by atoms with Crippen molar-refractivity contribution in [3.63, 3.8) is 0 Å². The zero-order valence-electron chi connectivity index (χ0n) is 16.0. The molecule has 1 N–H and O–H groups in total. The molecule has 0 unspecified atom stereocenters. The summed E-state index contributed by atoms with van der Waals surface area (Å²) in [5.41, 5.74) is 1.90. The van der Waals surface area contributed by atoms with Gasteiger partial charge in [-0.2, -0.15) is 0 Å². The van der Waals surface area contributed by atoms with Gasteiger partial charge in [0.15, 0.2) is 5.78 Å². The maximum absolute atomic E-state index is 12.4. The Labute approximate surface area is 156 Å². The van der Waals surface area contributed by atoms with Gasteiger partial charge >= 0.3 is 0 Å². The second kappa shape index (κ2) is 8.67. The number of carbonyl (C=O) groups excluding carboxylic acids is 2. The maximum atomic E-state index is 12.4. The molecule has 1 saturated carbocycles. The fraction of sp³-hybridized carbons (Fsp3) is 0.619. The van der Waals surface area contributed by atoms with Crippen LogP contribution in [0.2, 0.25) is 0 Å². The van der Waals surface area contributed by atoms with Crippen molar-refractivity contribution in [1.29, 1.82) is 0 Å². The average molecular weight is 357 g/mol. The summed E-state index contributed by atoms with van der Waals surface area (Å²) in [7, 11) is 0. The van der Waals surface area contributed by atoms with E-state index in [-0.39, 0.29) is 11.7 Å². The molecule has 0 radical (unpaired) electrons. The number of Topliss-reactive ketones (excluding diaryl/α,β-unsaturated/α-hetero) is 1. The van der Waals surface area contributed by atoms with Gasteiger partial charge in [-0.15, -0.1) is 0 Å².